The number of carbonyl (C=O) groups excluding carboxylic acids is 3. The van der Waals surface area contributed by atoms with Crippen LogP contribution in [0.1, 0.15) is 51.9 Å². The van der Waals surface area contributed by atoms with Crippen LogP contribution in [-0.4, -0.2) is 72.9 Å². The Morgan fingerprint density at radius 3 is 1.95 bits per heavy atom. The van der Waals surface area contributed by atoms with Crippen molar-refractivity contribution < 1.29 is 24.3 Å². The Balaban J connectivity index is 2.11. The van der Waals surface area contributed by atoms with Crippen molar-refractivity contribution in [1.29, 1.82) is 0 Å². The second kappa shape index (κ2) is 14.1. The fourth-order valence-electron chi connectivity index (χ4n) is 3.74. The van der Waals surface area contributed by atoms with E-state index in [1.54, 1.807) is 13.1 Å². The smallest absolute Gasteiger partial charge is 0.326 e. The number of nitrogens with zero attached hydrogens (tertiary/aromatic N) is 2. The first-order valence-electron chi connectivity index (χ1n) is 12.4. The molecule has 2 rings (SSSR count). The molecular weight excluding hydrogens is 480 g/mol. The van der Waals surface area contributed by atoms with Crippen LogP contribution in [-0.2, 0) is 32.0 Å². The summed E-state index contributed by atoms with van der Waals surface area (Å²) in [6.07, 6.45) is 7.04. The lowest BCUT2D eigenvalue weighted by Gasteiger charge is -2.28. The summed E-state index contributed by atoms with van der Waals surface area (Å²) in [6.45, 7) is 7.45. The van der Waals surface area contributed by atoms with Gasteiger partial charge in [0.05, 0.1) is 18.7 Å². The van der Waals surface area contributed by atoms with E-state index in [2.05, 4.69) is 35.9 Å². The minimum absolute atomic E-state index is 0.00248. The maximum Gasteiger partial charge on any atom is 0.326 e. The Morgan fingerprint density at radius 2 is 1.46 bits per heavy atom. The zero-order valence-electron chi connectivity index (χ0n) is 21.7. The van der Waals surface area contributed by atoms with Gasteiger partial charge in [0.1, 0.15) is 18.1 Å². The molecule has 13 heteroatoms. The highest BCUT2D eigenvalue weighted by Gasteiger charge is 2.33. The summed E-state index contributed by atoms with van der Waals surface area (Å²) in [4.78, 5) is 64.4. The quantitative estimate of drug-likeness (QED) is 0.169. The number of rotatable bonds is 15. The molecule has 5 atom stereocenters. The van der Waals surface area contributed by atoms with Gasteiger partial charge in [-0.2, -0.15) is 0 Å². The van der Waals surface area contributed by atoms with Crippen LogP contribution < -0.4 is 21.7 Å². The molecule has 2 aromatic rings. The van der Waals surface area contributed by atoms with E-state index in [9.17, 15) is 24.3 Å². The van der Waals surface area contributed by atoms with E-state index in [1.165, 1.54) is 18.9 Å². The van der Waals surface area contributed by atoms with Gasteiger partial charge in [0.15, 0.2) is 0 Å². The highest BCUT2D eigenvalue weighted by Crippen LogP contribution is 2.12. The molecule has 0 aromatic carbocycles. The van der Waals surface area contributed by atoms with Gasteiger partial charge >= 0.3 is 5.97 Å². The molecule has 0 radical (unpaired) electrons. The van der Waals surface area contributed by atoms with E-state index in [1.807, 2.05) is 20.8 Å². The third kappa shape index (κ3) is 9.33. The van der Waals surface area contributed by atoms with Gasteiger partial charge in [-0.15, -0.1) is 0 Å². The maximum absolute atomic E-state index is 13.3. The van der Waals surface area contributed by atoms with Crippen LogP contribution in [0.2, 0.25) is 0 Å². The lowest BCUT2D eigenvalue weighted by Crippen LogP contribution is -2.59. The number of nitrogens with one attached hydrogen (secondary N) is 5. The molecule has 0 saturated heterocycles. The molecule has 2 heterocycles. The number of nitrogens with two attached hydrogens (primary N) is 1. The molecule has 204 valence electrons. The van der Waals surface area contributed by atoms with Crippen molar-refractivity contribution in [3.8, 4) is 0 Å². The number of amides is 3. The summed E-state index contributed by atoms with van der Waals surface area (Å²) in [5.41, 5.74) is 7.26. The number of aliphatic carboxylic acids is 1. The van der Waals surface area contributed by atoms with Gasteiger partial charge in [0.25, 0.3) is 0 Å². The molecule has 13 nitrogen and oxygen atoms in total. The van der Waals surface area contributed by atoms with E-state index < -0.39 is 47.9 Å². The number of carbonyl (C=O) groups is 4. The molecule has 5 unspecified atom stereocenters. The van der Waals surface area contributed by atoms with Crippen molar-refractivity contribution in [2.45, 2.75) is 77.5 Å². The number of hydrogen-bond donors (Lipinski definition) is 7. The van der Waals surface area contributed by atoms with Gasteiger partial charge in [-0.25, -0.2) is 14.8 Å². The van der Waals surface area contributed by atoms with Crippen LogP contribution in [0.5, 0.6) is 0 Å². The highest BCUT2D eigenvalue weighted by atomic mass is 16.4. The van der Waals surface area contributed by atoms with Crippen molar-refractivity contribution in [2.75, 3.05) is 0 Å². The standard InChI is InChI=1S/C24H38N8O5/c1-5-14(4)20(23(35)31-19(24(36)37)8-16-10-27-12-29-16)32-22(34)18(6-13(2)3)30-21(33)17(25)7-15-9-26-11-28-15/h9-14,17-20H,5-8,25H2,1-4H3,(H,26,28)(H,27,29)(H,30,33)(H,31,35)(H,32,34)(H,36,37). The Hall–Kier alpha value is -3.74. The molecule has 0 aliphatic heterocycles. The van der Waals surface area contributed by atoms with Crippen LogP contribution in [0.3, 0.4) is 0 Å². The Morgan fingerprint density at radius 1 is 0.892 bits per heavy atom. The summed E-state index contributed by atoms with van der Waals surface area (Å²) < 4.78 is 0. The number of carboxylic acids is 1. The number of imidazole rings is 2. The second-order valence-corrected chi connectivity index (χ2v) is 9.63. The van der Waals surface area contributed by atoms with E-state index in [4.69, 9.17) is 5.73 Å². The van der Waals surface area contributed by atoms with Gasteiger partial charge < -0.3 is 36.8 Å². The summed E-state index contributed by atoms with van der Waals surface area (Å²) in [6, 6.07) is -4.07. The third-order valence-corrected chi connectivity index (χ3v) is 6.06. The molecule has 8 N–H and O–H groups in total. The predicted molar refractivity (Wildman–Crippen MR) is 135 cm³/mol. The molecule has 0 saturated carbocycles. The van der Waals surface area contributed by atoms with Crippen LogP contribution in [0.25, 0.3) is 0 Å². The number of aromatic nitrogens is 4. The average Bonchev–Trinajstić information content (AvgIpc) is 3.54. The summed E-state index contributed by atoms with van der Waals surface area (Å²) in [5, 5.41) is 17.6. The van der Waals surface area contributed by atoms with Crippen molar-refractivity contribution in [2.24, 2.45) is 17.6 Å². The van der Waals surface area contributed by atoms with Crippen molar-refractivity contribution >= 4 is 23.7 Å². The van der Waals surface area contributed by atoms with Gasteiger partial charge in [-0.05, 0) is 18.3 Å². The number of hydrogen-bond acceptors (Lipinski definition) is 7. The first kappa shape index (κ1) is 29.5. The summed E-state index contributed by atoms with van der Waals surface area (Å²) in [5.74, 6) is -3.14. The van der Waals surface area contributed by atoms with Crippen LogP contribution in [0.4, 0.5) is 0 Å². The number of aromatic amines is 2. The lowest BCUT2D eigenvalue weighted by atomic mass is 9.96. The number of H-pyrrole nitrogens is 2. The van der Waals surface area contributed by atoms with Gasteiger partial charge in [-0.1, -0.05) is 34.1 Å². The molecular formula is C24H38N8O5. The summed E-state index contributed by atoms with van der Waals surface area (Å²) >= 11 is 0. The fraction of sp³-hybridized carbons (Fsp3) is 0.583. The topological polar surface area (TPSA) is 208 Å². The van der Waals surface area contributed by atoms with Crippen LogP contribution >= 0.6 is 0 Å². The molecule has 2 aromatic heterocycles. The van der Waals surface area contributed by atoms with Crippen molar-refractivity contribution in [1.82, 2.24) is 35.9 Å². The van der Waals surface area contributed by atoms with Gasteiger partial charge in [0.2, 0.25) is 17.7 Å². The van der Waals surface area contributed by atoms with E-state index >= 15 is 0 Å². The minimum atomic E-state index is -1.22. The summed E-state index contributed by atoms with van der Waals surface area (Å²) in [7, 11) is 0. The van der Waals surface area contributed by atoms with E-state index in [0.717, 1.165) is 0 Å². The first-order chi connectivity index (χ1) is 17.5. The average molecular weight is 519 g/mol. The van der Waals surface area contributed by atoms with E-state index in [0.29, 0.717) is 24.2 Å². The Labute approximate surface area is 215 Å². The Kier molecular flexibility index (Phi) is 11.2. The minimum Gasteiger partial charge on any atom is -0.480 e. The molecule has 0 aliphatic carbocycles. The normalized spacial score (nSPS) is 15.3. The zero-order chi connectivity index (χ0) is 27.5. The van der Waals surface area contributed by atoms with Gasteiger partial charge in [-0.3, -0.25) is 14.4 Å². The highest BCUT2D eigenvalue weighted by molar-refractivity contribution is 5.94. The van der Waals surface area contributed by atoms with Crippen molar-refractivity contribution in [3.63, 3.8) is 0 Å². The monoisotopic (exact) mass is 518 g/mol. The molecule has 0 bridgehead atoms. The molecule has 0 fully saturated rings. The van der Waals surface area contributed by atoms with Crippen molar-refractivity contribution in [3.05, 3.63) is 36.4 Å². The molecule has 0 spiro atoms. The predicted octanol–water partition coefficient (Wildman–Crippen LogP) is -0.123. The molecule has 37 heavy (non-hydrogen) atoms. The van der Waals surface area contributed by atoms with E-state index in [-0.39, 0.29) is 24.7 Å². The first-order valence-corrected chi connectivity index (χ1v) is 12.4. The lowest BCUT2D eigenvalue weighted by molar-refractivity contribution is -0.142. The SMILES string of the molecule is CCC(C)C(NC(=O)C(CC(C)C)NC(=O)C(N)Cc1cnc[nH]1)C(=O)NC(Cc1cnc[nH]1)C(=O)O. The van der Waals surface area contributed by atoms with Gasteiger partial charge in [0, 0.05) is 36.6 Å². The maximum atomic E-state index is 13.3. The van der Waals surface area contributed by atoms with Crippen LogP contribution in [0.15, 0.2) is 25.0 Å². The molecule has 3 amide bonds. The second-order valence-electron chi connectivity index (χ2n) is 9.63. The largest absolute Gasteiger partial charge is 0.480 e. The fourth-order valence-corrected chi connectivity index (χ4v) is 3.74. The number of carboxylic acid groups (broad SMARTS) is 1. The van der Waals surface area contributed by atoms with Crippen LogP contribution in [0, 0.1) is 11.8 Å². The zero-order valence-corrected chi connectivity index (χ0v) is 21.7. The Bertz CT molecular complexity index is 1010. The third-order valence-electron chi connectivity index (χ3n) is 6.06. The molecule has 0 aliphatic rings.